The molecule has 0 unspecified atom stereocenters. The van der Waals surface area contributed by atoms with Gasteiger partial charge in [0, 0.05) is 37.5 Å². The number of para-hydroxylation sites is 1. The molecule has 0 amide bonds. The maximum atomic E-state index is 5.37. The van der Waals surface area contributed by atoms with Crippen LogP contribution in [0.5, 0.6) is 5.75 Å². The van der Waals surface area contributed by atoms with E-state index in [-0.39, 0.29) is 0 Å². The number of aromatic nitrogens is 2. The number of unbranched alkanes of at least 4 members (excludes halogenated alkanes) is 1. The average Bonchev–Trinajstić information content (AvgIpc) is 2.57. The number of methoxy groups -OCH3 is 1. The third kappa shape index (κ3) is 4.84. The van der Waals surface area contributed by atoms with Gasteiger partial charge in [0.05, 0.1) is 7.11 Å². The number of hydrogen-bond acceptors (Lipinski definition) is 5. The Morgan fingerprint density at radius 1 is 1.22 bits per heavy atom. The summed E-state index contributed by atoms with van der Waals surface area (Å²) < 4.78 is 5.37. The van der Waals surface area contributed by atoms with Crippen LogP contribution >= 0.6 is 0 Å². The Labute approximate surface area is 138 Å². The summed E-state index contributed by atoms with van der Waals surface area (Å²) >= 11 is 0. The molecule has 2 rings (SSSR count). The first kappa shape index (κ1) is 17.1. The molecule has 0 aliphatic rings. The summed E-state index contributed by atoms with van der Waals surface area (Å²) in [6.45, 7) is 5.82. The first-order valence-electron chi connectivity index (χ1n) is 8.06. The van der Waals surface area contributed by atoms with Crippen LogP contribution in [0.3, 0.4) is 0 Å². The van der Waals surface area contributed by atoms with Crippen LogP contribution < -0.4 is 15.0 Å². The topological polar surface area (TPSA) is 50.3 Å². The minimum Gasteiger partial charge on any atom is -0.496 e. The first-order chi connectivity index (χ1) is 11.1. The van der Waals surface area contributed by atoms with Crippen LogP contribution in [-0.2, 0) is 6.54 Å². The third-order valence-electron chi connectivity index (χ3n) is 3.71. The fraction of sp³-hybridized carbons (Fsp3) is 0.444. The molecule has 0 radical (unpaired) electrons. The van der Waals surface area contributed by atoms with Crippen molar-refractivity contribution < 1.29 is 4.74 Å². The highest BCUT2D eigenvalue weighted by Gasteiger charge is 2.08. The summed E-state index contributed by atoms with van der Waals surface area (Å²) in [4.78, 5) is 11.3. The number of anilines is 2. The van der Waals surface area contributed by atoms with Crippen molar-refractivity contribution in [1.82, 2.24) is 9.97 Å². The van der Waals surface area contributed by atoms with E-state index in [0.29, 0.717) is 12.5 Å². The van der Waals surface area contributed by atoms with E-state index in [1.54, 1.807) is 7.11 Å². The van der Waals surface area contributed by atoms with Crippen LogP contribution in [0.4, 0.5) is 11.8 Å². The summed E-state index contributed by atoms with van der Waals surface area (Å²) in [5.74, 6) is 2.47. The van der Waals surface area contributed by atoms with Gasteiger partial charge in [0.1, 0.15) is 11.6 Å². The zero-order valence-electron chi connectivity index (χ0n) is 14.5. The number of nitrogens with zero attached hydrogens (tertiary/aromatic N) is 3. The molecule has 5 heteroatoms. The molecule has 0 fully saturated rings. The van der Waals surface area contributed by atoms with Gasteiger partial charge in [-0.15, -0.1) is 0 Å². The summed E-state index contributed by atoms with van der Waals surface area (Å²) in [7, 11) is 3.75. The van der Waals surface area contributed by atoms with Gasteiger partial charge in [0.2, 0.25) is 5.95 Å². The lowest BCUT2D eigenvalue weighted by atomic mass is 10.2. The molecule has 1 N–H and O–H groups in total. The highest BCUT2D eigenvalue weighted by molar-refractivity contribution is 5.45. The van der Waals surface area contributed by atoms with Crippen LogP contribution in [0.1, 0.15) is 31.0 Å². The van der Waals surface area contributed by atoms with Gasteiger partial charge in [-0.2, -0.15) is 4.98 Å². The number of rotatable bonds is 8. The van der Waals surface area contributed by atoms with Crippen LogP contribution in [0.25, 0.3) is 0 Å². The molecular weight excluding hydrogens is 288 g/mol. The van der Waals surface area contributed by atoms with Gasteiger partial charge in [-0.3, -0.25) is 0 Å². The van der Waals surface area contributed by atoms with Gasteiger partial charge in [0.25, 0.3) is 0 Å². The molecule has 0 aliphatic carbocycles. The van der Waals surface area contributed by atoms with Gasteiger partial charge in [-0.05, 0) is 19.4 Å². The Morgan fingerprint density at radius 2 is 2.00 bits per heavy atom. The standard InChI is InChI=1S/C18H26N4O/c1-5-6-11-22(3)17-12-14(2)20-18(21-17)19-13-15-9-7-8-10-16(15)23-4/h7-10,12H,5-6,11,13H2,1-4H3,(H,19,20,21). The molecule has 0 bridgehead atoms. The largest absolute Gasteiger partial charge is 0.496 e. The van der Waals surface area contributed by atoms with Crippen molar-refractivity contribution in [3.05, 3.63) is 41.6 Å². The SMILES string of the molecule is CCCCN(C)c1cc(C)nc(NCc2ccccc2OC)n1. The van der Waals surface area contributed by atoms with Crippen molar-refractivity contribution in [3.8, 4) is 5.75 Å². The Hall–Kier alpha value is -2.30. The number of benzene rings is 1. The maximum absolute atomic E-state index is 5.37. The van der Waals surface area contributed by atoms with Crippen molar-refractivity contribution in [2.45, 2.75) is 33.2 Å². The van der Waals surface area contributed by atoms with Crippen LogP contribution in [0.15, 0.2) is 30.3 Å². The molecular formula is C18H26N4O. The molecule has 5 nitrogen and oxygen atoms in total. The van der Waals surface area contributed by atoms with Gasteiger partial charge in [0.15, 0.2) is 0 Å². The zero-order chi connectivity index (χ0) is 16.7. The average molecular weight is 314 g/mol. The maximum Gasteiger partial charge on any atom is 0.225 e. The fourth-order valence-electron chi connectivity index (χ4n) is 2.36. The summed E-state index contributed by atoms with van der Waals surface area (Å²) in [6, 6.07) is 9.98. The lowest BCUT2D eigenvalue weighted by molar-refractivity contribution is 0.410. The summed E-state index contributed by atoms with van der Waals surface area (Å²) in [5, 5.41) is 3.30. The molecule has 0 saturated carbocycles. The van der Waals surface area contributed by atoms with Gasteiger partial charge in [-0.1, -0.05) is 31.5 Å². The molecule has 1 aromatic heterocycles. The number of nitrogens with one attached hydrogen (secondary N) is 1. The fourth-order valence-corrected chi connectivity index (χ4v) is 2.36. The Balaban J connectivity index is 2.09. The zero-order valence-corrected chi connectivity index (χ0v) is 14.5. The summed E-state index contributed by atoms with van der Waals surface area (Å²) in [6.07, 6.45) is 2.33. The molecule has 0 spiro atoms. The summed E-state index contributed by atoms with van der Waals surface area (Å²) in [5.41, 5.74) is 2.04. The Bertz CT molecular complexity index is 630. The van der Waals surface area contributed by atoms with E-state index in [4.69, 9.17) is 4.74 Å². The van der Waals surface area contributed by atoms with E-state index >= 15 is 0 Å². The predicted octanol–water partition coefficient (Wildman–Crippen LogP) is 3.64. The Kier molecular flexibility index (Phi) is 6.20. The number of hydrogen-bond donors (Lipinski definition) is 1. The third-order valence-corrected chi connectivity index (χ3v) is 3.71. The van der Waals surface area contributed by atoms with Crippen molar-refractivity contribution >= 4 is 11.8 Å². The van der Waals surface area contributed by atoms with Crippen molar-refractivity contribution in [3.63, 3.8) is 0 Å². The lowest BCUT2D eigenvalue weighted by Crippen LogP contribution is -2.20. The first-order valence-corrected chi connectivity index (χ1v) is 8.06. The molecule has 0 atom stereocenters. The minimum absolute atomic E-state index is 0.631. The lowest BCUT2D eigenvalue weighted by Gasteiger charge is -2.19. The quantitative estimate of drug-likeness (QED) is 0.806. The van der Waals surface area contributed by atoms with Crippen LogP contribution in [0.2, 0.25) is 0 Å². The number of ether oxygens (including phenoxy) is 1. The van der Waals surface area contributed by atoms with E-state index in [1.165, 1.54) is 6.42 Å². The second-order valence-electron chi connectivity index (χ2n) is 5.63. The second kappa shape index (κ2) is 8.36. The highest BCUT2D eigenvalue weighted by Crippen LogP contribution is 2.19. The molecule has 1 heterocycles. The van der Waals surface area contributed by atoms with Crippen LogP contribution in [-0.4, -0.2) is 30.7 Å². The highest BCUT2D eigenvalue weighted by atomic mass is 16.5. The smallest absolute Gasteiger partial charge is 0.225 e. The Morgan fingerprint density at radius 3 is 2.74 bits per heavy atom. The van der Waals surface area contributed by atoms with E-state index in [2.05, 4.69) is 34.2 Å². The normalized spacial score (nSPS) is 10.4. The minimum atomic E-state index is 0.631. The molecule has 0 saturated heterocycles. The molecule has 124 valence electrons. The van der Waals surface area contributed by atoms with Crippen molar-refractivity contribution in [2.24, 2.45) is 0 Å². The van der Waals surface area contributed by atoms with Crippen LogP contribution in [0, 0.1) is 6.92 Å². The van der Waals surface area contributed by atoms with Crippen molar-refractivity contribution in [2.75, 3.05) is 30.9 Å². The van der Waals surface area contributed by atoms with Gasteiger partial charge in [-0.25, -0.2) is 4.98 Å². The van der Waals surface area contributed by atoms with Gasteiger partial charge >= 0.3 is 0 Å². The predicted molar refractivity (Wildman–Crippen MR) is 95.3 cm³/mol. The monoisotopic (exact) mass is 314 g/mol. The molecule has 2 aromatic rings. The van der Waals surface area contributed by atoms with Crippen molar-refractivity contribution in [1.29, 1.82) is 0 Å². The van der Waals surface area contributed by atoms with Gasteiger partial charge < -0.3 is 15.0 Å². The molecule has 23 heavy (non-hydrogen) atoms. The van der Waals surface area contributed by atoms with E-state index in [9.17, 15) is 0 Å². The van der Waals surface area contributed by atoms with E-state index < -0.39 is 0 Å². The van der Waals surface area contributed by atoms with E-state index in [1.807, 2.05) is 37.3 Å². The molecule has 0 aliphatic heterocycles. The second-order valence-corrected chi connectivity index (χ2v) is 5.63. The number of aryl methyl sites for hydroxylation is 1. The molecule has 1 aromatic carbocycles. The van der Waals surface area contributed by atoms with E-state index in [0.717, 1.165) is 35.8 Å².